The zero-order valence-electron chi connectivity index (χ0n) is 10.7. The van der Waals surface area contributed by atoms with Gasteiger partial charge in [-0.25, -0.2) is 0 Å². The van der Waals surface area contributed by atoms with Gasteiger partial charge in [0.1, 0.15) is 0 Å². The van der Waals surface area contributed by atoms with Gasteiger partial charge in [-0.3, -0.25) is 9.88 Å². The highest BCUT2D eigenvalue weighted by Gasteiger charge is 2.30. The number of methoxy groups -OCH3 is 1. The SMILES string of the molecule is COCCN1CCCC(N)C1c1ccc(Br)cn1. The Morgan fingerprint density at radius 3 is 3.06 bits per heavy atom. The lowest BCUT2D eigenvalue weighted by Gasteiger charge is -2.39. The first-order chi connectivity index (χ1) is 8.72. The largest absolute Gasteiger partial charge is 0.383 e. The van der Waals surface area contributed by atoms with E-state index >= 15 is 0 Å². The Morgan fingerprint density at radius 2 is 2.39 bits per heavy atom. The van der Waals surface area contributed by atoms with Crippen LogP contribution in [0.1, 0.15) is 24.6 Å². The third-order valence-corrected chi connectivity index (χ3v) is 3.89. The van der Waals surface area contributed by atoms with E-state index in [4.69, 9.17) is 10.5 Å². The molecule has 0 saturated carbocycles. The van der Waals surface area contributed by atoms with Gasteiger partial charge >= 0.3 is 0 Å². The molecule has 0 radical (unpaired) electrons. The lowest BCUT2D eigenvalue weighted by molar-refractivity contribution is 0.0829. The Balaban J connectivity index is 2.15. The van der Waals surface area contributed by atoms with Gasteiger partial charge in [0.15, 0.2) is 0 Å². The molecule has 2 N–H and O–H groups in total. The van der Waals surface area contributed by atoms with Crippen molar-refractivity contribution in [2.24, 2.45) is 5.73 Å². The molecule has 0 bridgehead atoms. The number of halogens is 1. The molecule has 18 heavy (non-hydrogen) atoms. The summed E-state index contributed by atoms with van der Waals surface area (Å²) in [5.41, 5.74) is 7.33. The quantitative estimate of drug-likeness (QED) is 0.923. The topological polar surface area (TPSA) is 51.4 Å². The van der Waals surface area contributed by atoms with Crippen molar-refractivity contribution in [2.45, 2.75) is 24.9 Å². The second kappa shape index (κ2) is 6.61. The summed E-state index contributed by atoms with van der Waals surface area (Å²) in [4.78, 5) is 6.88. The van der Waals surface area contributed by atoms with E-state index in [1.165, 1.54) is 0 Å². The van der Waals surface area contributed by atoms with Crippen molar-refractivity contribution in [1.29, 1.82) is 0 Å². The number of nitrogens with zero attached hydrogens (tertiary/aromatic N) is 2. The van der Waals surface area contributed by atoms with E-state index in [1.807, 2.05) is 12.3 Å². The number of pyridine rings is 1. The summed E-state index contributed by atoms with van der Waals surface area (Å²) >= 11 is 3.41. The van der Waals surface area contributed by atoms with Gasteiger partial charge in [0.2, 0.25) is 0 Å². The Bertz CT molecular complexity index is 371. The van der Waals surface area contributed by atoms with Gasteiger partial charge in [-0.05, 0) is 47.4 Å². The fourth-order valence-electron chi connectivity index (χ4n) is 2.53. The first-order valence-corrected chi connectivity index (χ1v) is 7.11. The minimum absolute atomic E-state index is 0.157. The molecule has 0 spiro atoms. The van der Waals surface area contributed by atoms with Crippen molar-refractivity contribution >= 4 is 15.9 Å². The maximum atomic E-state index is 6.28. The minimum Gasteiger partial charge on any atom is -0.383 e. The molecule has 1 aliphatic rings. The number of piperidine rings is 1. The molecule has 0 aliphatic carbocycles. The van der Waals surface area contributed by atoms with Crippen molar-refractivity contribution in [1.82, 2.24) is 9.88 Å². The summed E-state index contributed by atoms with van der Waals surface area (Å²) in [6.45, 7) is 2.71. The molecule has 0 aromatic carbocycles. The average Bonchev–Trinajstić information content (AvgIpc) is 2.38. The maximum absolute atomic E-state index is 6.28. The monoisotopic (exact) mass is 313 g/mol. The molecular formula is C13H20BrN3O. The van der Waals surface area contributed by atoms with Crippen LogP contribution in [0.25, 0.3) is 0 Å². The number of likely N-dealkylation sites (tertiary alicyclic amines) is 1. The predicted molar refractivity (Wildman–Crippen MR) is 75.3 cm³/mol. The van der Waals surface area contributed by atoms with Gasteiger partial charge < -0.3 is 10.5 Å². The van der Waals surface area contributed by atoms with Gasteiger partial charge in [-0.2, -0.15) is 0 Å². The molecule has 1 fully saturated rings. The molecule has 2 unspecified atom stereocenters. The van der Waals surface area contributed by atoms with Crippen LogP contribution >= 0.6 is 15.9 Å². The molecule has 0 amide bonds. The van der Waals surface area contributed by atoms with Crippen LogP contribution in [0.4, 0.5) is 0 Å². The average molecular weight is 314 g/mol. The number of hydrogen-bond donors (Lipinski definition) is 1. The van der Waals surface area contributed by atoms with E-state index in [0.29, 0.717) is 0 Å². The van der Waals surface area contributed by atoms with E-state index in [0.717, 1.165) is 42.7 Å². The number of aromatic nitrogens is 1. The standard InChI is InChI=1S/C13H20BrN3O/c1-18-8-7-17-6-2-3-11(15)13(17)12-5-4-10(14)9-16-12/h4-5,9,11,13H,2-3,6-8,15H2,1H3. The molecule has 2 rings (SSSR count). The summed E-state index contributed by atoms with van der Waals surface area (Å²) in [7, 11) is 1.73. The van der Waals surface area contributed by atoms with Crippen LogP contribution < -0.4 is 5.73 Å². The summed E-state index contributed by atoms with van der Waals surface area (Å²) in [6.07, 6.45) is 4.05. The smallest absolute Gasteiger partial charge is 0.0674 e. The molecule has 1 saturated heterocycles. The number of ether oxygens (including phenoxy) is 1. The third kappa shape index (κ3) is 3.29. The van der Waals surface area contributed by atoms with Gasteiger partial charge in [0.25, 0.3) is 0 Å². The van der Waals surface area contributed by atoms with Crippen LogP contribution in [0.2, 0.25) is 0 Å². The number of rotatable bonds is 4. The van der Waals surface area contributed by atoms with Crippen LogP contribution in [-0.2, 0) is 4.74 Å². The predicted octanol–water partition coefficient (Wildman–Crippen LogP) is 1.95. The number of nitrogens with two attached hydrogens (primary N) is 1. The van der Waals surface area contributed by atoms with Crippen LogP contribution in [0.5, 0.6) is 0 Å². The Hall–Kier alpha value is -0.490. The van der Waals surface area contributed by atoms with Gasteiger partial charge in [0, 0.05) is 30.4 Å². The van der Waals surface area contributed by atoms with Crippen LogP contribution in [-0.4, -0.2) is 42.7 Å². The van der Waals surface area contributed by atoms with E-state index in [2.05, 4.69) is 31.9 Å². The highest BCUT2D eigenvalue weighted by molar-refractivity contribution is 9.10. The van der Waals surface area contributed by atoms with Crippen LogP contribution in [0.15, 0.2) is 22.8 Å². The first kappa shape index (κ1) is 13.9. The van der Waals surface area contributed by atoms with Crippen molar-refractivity contribution < 1.29 is 4.74 Å². The maximum Gasteiger partial charge on any atom is 0.0674 e. The summed E-state index contributed by atoms with van der Waals surface area (Å²) < 4.78 is 6.17. The molecule has 100 valence electrons. The lowest BCUT2D eigenvalue weighted by atomic mass is 9.94. The molecule has 5 heteroatoms. The second-order valence-corrected chi connectivity index (χ2v) is 5.60. The highest BCUT2D eigenvalue weighted by Crippen LogP contribution is 2.29. The van der Waals surface area contributed by atoms with Crippen LogP contribution in [0, 0.1) is 0 Å². The lowest BCUT2D eigenvalue weighted by Crippen LogP contribution is -2.47. The van der Waals surface area contributed by atoms with Gasteiger partial charge in [-0.1, -0.05) is 0 Å². The van der Waals surface area contributed by atoms with Crippen LogP contribution in [0.3, 0.4) is 0 Å². The van der Waals surface area contributed by atoms with Crippen molar-refractivity contribution in [3.05, 3.63) is 28.5 Å². The summed E-state index contributed by atoms with van der Waals surface area (Å²) in [5, 5.41) is 0. The Kier molecular flexibility index (Phi) is 5.12. The van der Waals surface area contributed by atoms with E-state index in [-0.39, 0.29) is 12.1 Å². The zero-order valence-corrected chi connectivity index (χ0v) is 12.3. The third-order valence-electron chi connectivity index (χ3n) is 3.42. The molecule has 1 aromatic heterocycles. The Morgan fingerprint density at radius 1 is 1.56 bits per heavy atom. The van der Waals surface area contributed by atoms with Gasteiger partial charge in [-0.15, -0.1) is 0 Å². The molecule has 1 aromatic rings. The molecule has 1 aliphatic heterocycles. The second-order valence-electron chi connectivity index (χ2n) is 4.68. The molecule has 4 nitrogen and oxygen atoms in total. The first-order valence-electron chi connectivity index (χ1n) is 6.32. The summed E-state index contributed by atoms with van der Waals surface area (Å²) in [6, 6.07) is 4.45. The summed E-state index contributed by atoms with van der Waals surface area (Å²) in [5.74, 6) is 0. The van der Waals surface area contributed by atoms with E-state index in [9.17, 15) is 0 Å². The number of hydrogen-bond acceptors (Lipinski definition) is 4. The Labute approximate surface area is 117 Å². The zero-order chi connectivity index (χ0) is 13.0. The minimum atomic E-state index is 0.157. The molecule has 2 atom stereocenters. The van der Waals surface area contributed by atoms with E-state index in [1.54, 1.807) is 7.11 Å². The normalized spacial score (nSPS) is 25.3. The van der Waals surface area contributed by atoms with E-state index < -0.39 is 0 Å². The fourth-order valence-corrected chi connectivity index (χ4v) is 2.76. The molecular weight excluding hydrogens is 294 g/mol. The van der Waals surface area contributed by atoms with Crippen molar-refractivity contribution in [3.63, 3.8) is 0 Å². The van der Waals surface area contributed by atoms with Gasteiger partial charge in [0.05, 0.1) is 18.3 Å². The van der Waals surface area contributed by atoms with Crippen molar-refractivity contribution in [3.8, 4) is 0 Å². The molecule has 2 heterocycles. The van der Waals surface area contributed by atoms with Crippen molar-refractivity contribution in [2.75, 3.05) is 26.8 Å². The highest BCUT2D eigenvalue weighted by atomic mass is 79.9. The fraction of sp³-hybridized carbons (Fsp3) is 0.615.